The average molecular weight is 214 g/mol. The highest BCUT2D eigenvalue weighted by molar-refractivity contribution is 5.78. The van der Waals surface area contributed by atoms with Crippen LogP contribution in [0.25, 0.3) is 0 Å². The SMILES string of the molecule is CCC(C)NCC(=O)NC(C)C(C)(C)C. The second-order valence-corrected chi connectivity index (χ2v) is 5.35. The molecule has 2 unspecified atom stereocenters. The Bertz CT molecular complexity index is 196. The number of carbonyl (C=O) groups is 1. The molecule has 0 fully saturated rings. The number of rotatable bonds is 5. The van der Waals surface area contributed by atoms with E-state index in [1.807, 2.05) is 6.92 Å². The zero-order chi connectivity index (χ0) is 12.1. The minimum Gasteiger partial charge on any atom is -0.352 e. The number of carbonyl (C=O) groups excluding carboxylic acids is 1. The summed E-state index contributed by atoms with van der Waals surface area (Å²) in [5.74, 6) is 0.0812. The molecule has 0 aromatic carbocycles. The van der Waals surface area contributed by atoms with E-state index in [-0.39, 0.29) is 17.4 Å². The summed E-state index contributed by atoms with van der Waals surface area (Å²) in [7, 11) is 0. The molecule has 0 aromatic heterocycles. The third-order valence-electron chi connectivity index (χ3n) is 2.90. The molecule has 3 heteroatoms. The first kappa shape index (κ1) is 14.4. The molecule has 15 heavy (non-hydrogen) atoms. The van der Waals surface area contributed by atoms with E-state index in [4.69, 9.17) is 0 Å². The van der Waals surface area contributed by atoms with E-state index in [1.165, 1.54) is 0 Å². The highest BCUT2D eigenvalue weighted by atomic mass is 16.2. The minimum absolute atomic E-state index is 0.0812. The van der Waals surface area contributed by atoms with Gasteiger partial charge in [-0.05, 0) is 25.7 Å². The fraction of sp³-hybridized carbons (Fsp3) is 0.917. The summed E-state index contributed by atoms with van der Waals surface area (Å²) >= 11 is 0. The largest absolute Gasteiger partial charge is 0.352 e. The lowest BCUT2D eigenvalue weighted by atomic mass is 9.88. The molecule has 0 spiro atoms. The summed E-state index contributed by atoms with van der Waals surface area (Å²) in [4.78, 5) is 11.5. The number of hydrogen-bond donors (Lipinski definition) is 2. The topological polar surface area (TPSA) is 41.1 Å². The zero-order valence-corrected chi connectivity index (χ0v) is 11.0. The smallest absolute Gasteiger partial charge is 0.234 e. The Kier molecular flexibility index (Phi) is 5.88. The first-order valence-corrected chi connectivity index (χ1v) is 5.80. The quantitative estimate of drug-likeness (QED) is 0.734. The molecule has 0 saturated heterocycles. The molecule has 0 rings (SSSR count). The van der Waals surface area contributed by atoms with E-state index in [1.54, 1.807) is 0 Å². The van der Waals surface area contributed by atoms with E-state index >= 15 is 0 Å². The second kappa shape index (κ2) is 6.11. The fourth-order valence-electron chi connectivity index (χ4n) is 0.920. The lowest BCUT2D eigenvalue weighted by Gasteiger charge is -2.28. The highest BCUT2D eigenvalue weighted by Gasteiger charge is 2.21. The number of hydrogen-bond acceptors (Lipinski definition) is 2. The predicted octanol–water partition coefficient (Wildman–Crippen LogP) is 1.93. The van der Waals surface area contributed by atoms with Gasteiger partial charge in [0, 0.05) is 12.1 Å². The van der Waals surface area contributed by atoms with E-state index in [0.29, 0.717) is 12.6 Å². The van der Waals surface area contributed by atoms with Crippen molar-refractivity contribution in [3.05, 3.63) is 0 Å². The van der Waals surface area contributed by atoms with Crippen molar-refractivity contribution < 1.29 is 4.79 Å². The van der Waals surface area contributed by atoms with Crippen molar-refractivity contribution in [2.24, 2.45) is 5.41 Å². The van der Waals surface area contributed by atoms with E-state index < -0.39 is 0 Å². The van der Waals surface area contributed by atoms with Gasteiger partial charge in [0.2, 0.25) is 5.91 Å². The zero-order valence-electron chi connectivity index (χ0n) is 11.0. The lowest BCUT2D eigenvalue weighted by molar-refractivity contribution is -0.121. The second-order valence-electron chi connectivity index (χ2n) is 5.35. The normalized spacial score (nSPS) is 15.9. The average Bonchev–Trinajstić information content (AvgIpc) is 2.12. The summed E-state index contributed by atoms with van der Waals surface area (Å²) in [6.07, 6.45) is 1.04. The Morgan fingerprint density at radius 1 is 1.27 bits per heavy atom. The first-order chi connectivity index (χ1) is 6.77. The molecule has 2 N–H and O–H groups in total. The number of nitrogens with one attached hydrogen (secondary N) is 2. The van der Waals surface area contributed by atoms with Crippen LogP contribution in [0.15, 0.2) is 0 Å². The van der Waals surface area contributed by atoms with Crippen LogP contribution in [0, 0.1) is 5.41 Å². The van der Waals surface area contributed by atoms with Crippen LogP contribution in [0.1, 0.15) is 48.0 Å². The summed E-state index contributed by atoms with van der Waals surface area (Å²) in [5.41, 5.74) is 0.117. The Morgan fingerprint density at radius 3 is 2.20 bits per heavy atom. The molecule has 1 amide bonds. The summed E-state index contributed by atoms with van der Waals surface area (Å²) < 4.78 is 0. The van der Waals surface area contributed by atoms with Crippen LogP contribution in [0.4, 0.5) is 0 Å². The molecule has 0 saturated carbocycles. The van der Waals surface area contributed by atoms with Crippen molar-refractivity contribution >= 4 is 5.91 Å². The van der Waals surface area contributed by atoms with Gasteiger partial charge in [-0.15, -0.1) is 0 Å². The molecule has 90 valence electrons. The predicted molar refractivity (Wildman–Crippen MR) is 64.8 cm³/mol. The Hall–Kier alpha value is -0.570. The fourth-order valence-corrected chi connectivity index (χ4v) is 0.920. The first-order valence-electron chi connectivity index (χ1n) is 5.80. The highest BCUT2D eigenvalue weighted by Crippen LogP contribution is 2.18. The molecule has 0 aromatic rings. The summed E-state index contributed by atoms with van der Waals surface area (Å²) in [6, 6.07) is 0.601. The van der Waals surface area contributed by atoms with Crippen LogP contribution in [-0.4, -0.2) is 24.5 Å². The third kappa shape index (κ3) is 6.50. The molecular weight excluding hydrogens is 188 g/mol. The Labute approximate surface area is 94.0 Å². The maximum absolute atomic E-state index is 11.5. The monoisotopic (exact) mass is 214 g/mol. The van der Waals surface area contributed by atoms with Crippen LogP contribution < -0.4 is 10.6 Å². The molecular formula is C12H26N2O. The molecule has 0 radical (unpaired) electrons. The van der Waals surface area contributed by atoms with Gasteiger partial charge in [0.15, 0.2) is 0 Å². The molecule has 0 aliphatic heterocycles. The van der Waals surface area contributed by atoms with E-state index in [0.717, 1.165) is 6.42 Å². The van der Waals surface area contributed by atoms with Gasteiger partial charge < -0.3 is 10.6 Å². The molecule has 0 aliphatic carbocycles. The molecule has 3 nitrogen and oxygen atoms in total. The van der Waals surface area contributed by atoms with E-state index in [2.05, 4.69) is 45.3 Å². The van der Waals surface area contributed by atoms with Crippen molar-refractivity contribution in [2.45, 2.75) is 60.0 Å². The molecule has 2 atom stereocenters. The summed E-state index contributed by atoms with van der Waals surface area (Å²) in [6.45, 7) is 13.0. The standard InChI is InChI=1S/C12H26N2O/c1-7-9(2)13-8-11(15)14-10(3)12(4,5)6/h9-10,13H,7-8H2,1-6H3,(H,14,15). The molecule has 0 heterocycles. The van der Waals surface area contributed by atoms with Crippen LogP contribution in [0.2, 0.25) is 0 Å². The van der Waals surface area contributed by atoms with Crippen LogP contribution >= 0.6 is 0 Å². The molecule has 0 bridgehead atoms. The van der Waals surface area contributed by atoms with Gasteiger partial charge in [-0.3, -0.25) is 4.79 Å². The van der Waals surface area contributed by atoms with Crippen molar-refractivity contribution in [3.8, 4) is 0 Å². The van der Waals surface area contributed by atoms with Crippen molar-refractivity contribution in [1.29, 1.82) is 0 Å². The minimum atomic E-state index is 0.0812. The van der Waals surface area contributed by atoms with Crippen molar-refractivity contribution in [3.63, 3.8) is 0 Å². The summed E-state index contributed by atoms with van der Waals surface area (Å²) in [5, 5.41) is 6.17. The van der Waals surface area contributed by atoms with Gasteiger partial charge in [-0.1, -0.05) is 27.7 Å². The van der Waals surface area contributed by atoms with Gasteiger partial charge in [0.1, 0.15) is 0 Å². The van der Waals surface area contributed by atoms with Gasteiger partial charge in [0.25, 0.3) is 0 Å². The Balaban J connectivity index is 3.84. The van der Waals surface area contributed by atoms with Crippen LogP contribution in [0.5, 0.6) is 0 Å². The van der Waals surface area contributed by atoms with Crippen molar-refractivity contribution in [1.82, 2.24) is 10.6 Å². The molecule has 0 aliphatic rings. The maximum Gasteiger partial charge on any atom is 0.234 e. The van der Waals surface area contributed by atoms with Gasteiger partial charge in [0.05, 0.1) is 6.54 Å². The number of amides is 1. The van der Waals surface area contributed by atoms with E-state index in [9.17, 15) is 4.79 Å². The van der Waals surface area contributed by atoms with Gasteiger partial charge in [-0.2, -0.15) is 0 Å². The van der Waals surface area contributed by atoms with Crippen LogP contribution in [-0.2, 0) is 4.79 Å². The maximum atomic E-state index is 11.5. The third-order valence-corrected chi connectivity index (χ3v) is 2.90. The Morgan fingerprint density at radius 2 is 1.80 bits per heavy atom. The van der Waals surface area contributed by atoms with Crippen LogP contribution in [0.3, 0.4) is 0 Å². The lowest BCUT2D eigenvalue weighted by Crippen LogP contribution is -2.46. The van der Waals surface area contributed by atoms with Gasteiger partial charge >= 0.3 is 0 Å². The van der Waals surface area contributed by atoms with Crippen molar-refractivity contribution in [2.75, 3.05) is 6.54 Å². The van der Waals surface area contributed by atoms with Gasteiger partial charge in [-0.25, -0.2) is 0 Å².